The van der Waals surface area contributed by atoms with Gasteiger partial charge in [0.05, 0.1) is 17.0 Å². The molecule has 0 bridgehead atoms. The van der Waals surface area contributed by atoms with Crippen LogP contribution in [-0.2, 0) is 9.59 Å². The largest absolute Gasteiger partial charge is 0.459 e. The smallest absolute Gasteiger partial charge is 0.289 e. The van der Waals surface area contributed by atoms with Crippen molar-refractivity contribution in [1.82, 2.24) is 9.80 Å². The number of benzene rings is 1. The van der Waals surface area contributed by atoms with Gasteiger partial charge in [-0.05, 0) is 62.4 Å². The summed E-state index contributed by atoms with van der Waals surface area (Å²) in [6.45, 7) is 1.52. The molecule has 7 nitrogen and oxygen atoms in total. The van der Waals surface area contributed by atoms with Crippen molar-refractivity contribution in [3.05, 3.63) is 52.4 Å². The second kappa shape index (κ2) is 9.96. The molecular weight excluding hydrogens is 453 g/mol. The van der Waals surface area contributed by atoms with Crippen LogP contribution in [0.2, 0.25) is 10.0 Å². The molecule has 2 fully saturated rings. The second-order valence-corrected chi connectivity index (χ2v) is 9.04. The van der Waals surface area contributed by atoms with Crippen molar-refractivity contribution in [3.63, 3.8) is 0 Å². The summed E-state index contributed by atoms with van der Waals surface area (Å²) < 4.78 is 5.19. The number of nitrogens with one attached hydrogen (secondary N) is 1. The molecule has 2 aliphatic rings. The van der Waals surface area contributed by atoms with E-state index in [9.17, 15) is 14.4 Å². The number of amides is 3. The Hall–Kier alpha value is -2.51. The Kier molecular flexibility index (Phi) is 7.06. The zero-order valence-electron chi connectivity index (χ0n) is 17.6. The quantitative estimate of drug-likeness (QED) is 0.704. The Morgan fingerprint density at radius 3 is 2.50 bits per heavy atom. The van der Waals surface area contributed by atoms with Gasteiger partial charge in [-0.15, -0.1) is 0 Å². The second-order valence-electron chi connectivity index (χ2n) is 8.20. The third-order valence-corrected chi connectivity index (χ3v) is 6.70. The first kappa shape index (κ1) is 22.7. The van der Waals surface area contributed by atoms with Crippen molar-refractivity contribution in [2.45, 2.75) is 38.1 Å². The first-order chi connectivity index (χ1) is 15.4. The summed E-state index contributed by atoms with van der Waals surface area (Å²) >= 11 is 12.2. The van der Waals surface area contributed by atoms with Crippen molar-refractivity contribution in [2.75, 3.05) is 25.0 Å². The summed E-state index contributed by atoms with van der Waals surface area (Å²) in [6.07, 6.45) is 4.95. The molecule has 1 aromatic carbocycles. The topological polar surface area (TPSA) is 82.9 Å². The number of carbonyl (C=O) groups is 3. The van der Waals surface area contributed by atoms with E-state index >= 15 is 0 Å². The molecule has 3 heterocycles. The molecule has 9 heteroatoms. The van der Waals surface area contributed by atoms with Crippen LogP contribution in [0.3, 0.4) is 0 Å². The van der Waals surface area contributed by atoms with E-state index in [0.29, 0.717) is 60.4 Å². The number of hydrogen-bond acceptors (Lipinski definition) is 4. The van der Waals surface area contributed by atoms with Crippen molar-refractivity contribution in [1.29, 1.82) is 0 Å². The lowest BCUT2D eigenvalue weighted by Crippen LogP contribution is -2.53. The fourth-order valence-electron chi connectivity index (χ4n) is 4.40. The summed E-state index contributed by atoms with van der Waals surface area (Å²) in [7, 11) is 0. The first-order valence-corrected chi connectivity index (χ1v) is 11.6. The molecular formula is C23H25Cl2N3O4. The number of nitrogens with zero attached hydrogens (tertiary/aromatic N) is 2. The van der Waals surface area contributed by atoms with Crippen LogP contribution in [0.25, 0.3) is 0 Å². The normalized spacial score (nSPS) is 19.6. The number of piperidine rings is 2. The summed E-state index contributed by atoms with van der Waals surface area (Å²) in [5, 5.41) is 3.70. The first-order valence-electron chi connectivity index (χ1n) is 10.8. The summed E-state index contributed by atoms with van der Waals surface area (Å²) in [5.41, 5.74) is 0.437. The van der Waals surface area contributed by atoms with Crippen LogP contribution in [0.15, 0.2) is 41.0 Å². The Morgan fingerprint density at radius 1 is 1.00 bits per heavy atom. The van der Waals surface area contributed by atoms with Crippen LogP contribution in [-0.4, -0.2) is 53.2 Å². The van der Waals surface area contributed by atoms with Crippen LogP contribution in [0.4, 0.5) is 5.69 Å². The zero-order chi connectivity index (χ0) is 22.7. The van der Waals surface area contributed by atoms with Crippen LogP contribution in [0, 0.1) is 5.92 Å². The molecule has 4 rings (SSSR count). The molecule has 3 amide bonds. The Bertz CT molecular complexity index is 987. The van der Waals surface area contributed by atoms with Crippen molar-refractivity contribution in [3.8, 4) is 0 Å². The highest BCUT2D eigenvalue weighted by atomic mass is 35.5. The molecule has 0 saturated carbocycles. The van der Waals surface area contributed by atoms with Gasteiger partial charge >= 0.3 is 0 Å². The lowest BCUT2D eigenvalue weighted by atomic mass is 9.92. The van der Waals surface area contributed by atoms with E-state index < -0.39 is 6.04 Å². The minimum absolute atomic E-state index is 0.0212. The fraction of sp³-hybridized carbons (Fsp3) is 0.435. The summed E-state index contributed by atoms with van der Waals surface area (Å²) in [4.78, 5) is 42.2. The van der Waals surface area contributed by atoms with Crippen molar-refractivity contribution in [2.24, 2.45) is 5.92 Å². The van der Waals surface area contributed by atoms with Gasteiger partial charge in [0.1, 0.15) is 6.04 Å². The number of carbonyl (C=O) groups excluding carboxylic acids is 3. The maximum absolute atomic E-state index is 13.3. The predicted molar refractivity (Wildman–Crippen MR) is 122 cm³/mol. The van der Waals surface area contributed by atoms with E-state index in [4.69, 9.17) is 27.6 Å². The van der Waals surface area contributed by atoms with Gasteiger partial charge in [0.15, 0.2) is 5.76 Å². The van der Waals surface area contributed by atoms with Crippen molar-refractivity contribution >= 4 is 46.6 Å². The lowest BCUT2D eigenvalue weighted by molar-refractivity contribution is -0.145. The number of rotatable bonds is 4. The molecule has 0 aliphatic carbocycles. The molecule has 1 N–H and O–H groups in total. The Labute approximate surface area is 196 Å². The SMILES string of the molecule is O=C(Nc1cc(Cl)ccc1Cl)[C@@H]1CCCCN1C(=O)C1CCN(C(=O)c2ccco2)CC1. The van der Waals surface area contributed by atoms with Crippen LogP contribution in [0.1, 0.15) is 42.7 Å². The van der Waals surface area contributed by atoms with Gasteiger partial charge in [0.2, 0.25) is 11.8 Å². The van der Waals surface area contributed by atoms with E-state index in [2.05, 4.69) is 5.32 Å². The van der Waals surface area contributed by atoms with E-state index in [1.54, 1.807) is 40.1 Å². The van der Waals surface area contributed by atoms with Gasteiger partial charge in [-0.2, -0.15) is 0 Å². The molecule has 32 heavy (non-hydrogen) atoms. The van der Waals surface area contributed by atoms with Gasteiger partial charge in [-0.3, -0.25) is 14.4 Å². The van der Waals surface area contributed by atoms with Gasteiger partial charge in [-0.1, -0.05) is 23.2 Å². The Morgan fingerprint density at radius 2 is 1.78 bits per heavy atom. The minimum atomic E-state index is -0.547. The molecule has 2 saturated heterocycles. The lowest BCUT2D eigenvalue weighted by Gasteiger charge is -2.39. The highest BCUT2D eigenvalue weighted by molar-refractivity contribution is 6.35. The summed E-state index contributed by atoms with van der Waals surface area (Å²) in [6, 6.07) is 7.65. The fourth-order valence-corrected chi connectivity index (χ4v) is 4.73. The average Bonchev–Trinajstić information content (AvgIpc) is 3.35. The van der Waals surface area contributed by atoms with Gasteiger partial charge in [0.25, 0.3) is 5.91 Å². The zero-order valence-corrected chi connectivity index (χ0v) is 19.1. The molecule has 2 aliphatic heterocycles. The van der Waals surface area contributed by atoms with Crippen LogP contribution >= 0.6 is 23.2 Å². The monoisotopic (exact) mass is 477 g/mol. The number of hydrogen-bond donors (Lipinski definition) is 1. The number of likely N-dealkylation sites (tertiary alicyclic amines) is 2. The molecule has 0 unspecified atom stereocenters. The number of furan rings is 1. The number of halogens is 2. The number of anilines is 1. The van der Waals surface area contributed by atoms with E-state index in [1.165, 1.54) is 6.26 Å². The highest BCUT2D eigenvalue weighted by Gasteiger charge is 2.37. The third kappa shape index (κ3) is 4.94. The van der Waals surface area contributed by atoms with Gasteiger partial charge in [-0.25, -0.2) is 0 Å². The molecule has 2 aromatic rings. The van der Waals surface area contributed by atoms with E-state index in [1.807, 2.05) is 0 Å². The third-order valence-electron chi connectivity index (χ3n) is 6.14. The predicted octanol–water partition coefficient (Wildman–Crippen LogP) is 4.46. The maximum atomic E-state index is 13.3. The molecule has 1 atom stereocenters. The summed E-state index contributed by atoms with van der Waals surface area (Å²) in [5.74, 6) is -0.338. The van der Waals surface area contributed by atoms with Crippen molar-refractivity contribution < 1.29 is 18.8 Å². The van der Waals surface area contributed by atoms with Gasteiger partial charge in [0, 0.05) is 30.6 Å². The van der Waals surface area contributed by atoms with Crippen LogP contribution in [0.5, 0.6) is 0 Å². The average molecular weight is 478 g/mol. The highest BCUT2D eigenvalue weighted by Crippen LogP contribution is 2.29. The molecule has 0 radical (unpaired) electrons. The Balaban J connectivity index is 1.39. The molecule has 1 aromatic heterocycles. The van der Waals surface area contributed by atoms with E-state index in [0.717, 1.165) is 12.8 Å². The molecule has 0 spiro atoms. The molecule has 170 valence electrons. The van der Waals surface area contributed by atoms with Crippen LogP contribution < -0.4 is 5.32 Å². The standard InChI is InChI=1S/C23H25Cl2N3O4/c24-16-6-7-17(25)18(14-16)26-21(29)19-4-1-2-10-28(19)22(30)15-8-11-27(12-9-15)23(31)20-5-3-13-32-20/h3,5-7,13-15,19H,1-2,4,8-12H2,(H,26,29)/t19-/m0/s1. The van der Waals surface area contributed by atoms with Gasteiger partial charge < -0.3 is 19.5 Å². The van der Waals surface area contributed by atoms with E-state index in [-0.39, 0.29) is 23.6 Å². The maximum Gasteiger partial charge on any atom is 0.289 e. The minimum Gasteiger partial charge on any atom is -0.459 e.